The monoisotopic (exact) mass is 562 g/mol. The van der Waals surface area contributed by atoms with Crippen molar-refractivity contribution < 1.29 is 23.4 Å². The molecule has 218 valence electrons. The zero-order chi connectivity index (χ0) is 29.5. The Morgan fingerprint density at radius 1 is 1.17 bits per heavy atom. The third-order valence-corrected chi connectivity index (χ3v) is 7.00. The summed E-state index contributed by atoms with van der Waals surface area (Å²) >= 11 is 0. The lowest BCUT2D eigenvalue weighted by molar-refractivity contribution is 0.0107. The zero-order valence-electron chi connectivity index (χ0n) is 25.0. The van der Waals surface area contributed by atoms with Gasteiger partial charge in [-0.25, -0.2) is 24.7 Å². The van der Waals surface area contributed by atoms with Gasteiger partial charge in [0.2, 0.25) is 5.95 Å². The maximum Gasteiger partial charge on any atom is 0.410 e. The molecule has 0 aliphatic carbocycles. The van der Waals surface area contributed by atoms with Crippen LogP contribution in [0.25, 0.3) is 33.4 Å². The zero-order valence-corrected chi connectivity index (χ0v) is 25.0. The summed E-state index contributed by atoms with van der Waals surface area (Å²) in [7, 11) is 1.58. The molecule has 0 bridgehead atoms. The van der Waals surface area contributed by atoms with Crippen LogP contribution in [0.3, 0.4) is 0 Å². The molecular weight excluding hydrogens is 524 g/mol. The fourth-order valence-electron chi connectivity index (χ4n) is 5.27. The second-order valence-corrected chi connectivity index (χ2v) is 11.6. The number of oxazole rings is 1. The second-order valence-electron chi connectivity index (χ2n) is 11.6. The third-order valence-electron chi connectivity index (χ3n) is 7.00. The van der Waals surface area contributed by atoms with Crippen LogP contribution in [0, 0.1) is 13.8 Å². The fourth-order valence-corrected chi connectivity index (χ4v) is 5.27. The molecule has 4 heterocycles. The van der Waals surface area contributed by atoms with Gasteiger partial charge in [0.1, 0.15) is 22.4 Å². The molecule has 4 aromatic rings. The van der Waals surface area contributed by atoms with E-state index in [0.717, 1.165) is 35.1 Å². The molecule has 1 aliphatic heterocycles. The number of anilines is 1. The number of pyridine rings is 1. The molecule has 1 aromatic carbocycles. The molecule has 0 saturated carbocycles. The molecule has 1 saturated heterocycles. The van der Waals surface area contributed by atoms with Gasteiger partial charge in [0.05, 0.1) is 23.4 Å². The van der Waals surface area contributed by atoms with Crippen molar-refractivity contribution in [1.29, 1.82) is 0 Å². The van der Waals surface area contributed by atoms with Crippen LogP contribution in [0.1, 0.15) is 52.5 Å². The van der Waals surface area contributed by atoms with Gasteiger partial charge in [0.25, 0.3) is 0 Å². The summed E-state index contributed by atoms with van der Waals surface area (Å²) in [4.78, 5) is 35.7. The Morgan fingerprint density at radius 2 is 1.95 bits per heavy atom. The normalized spacial score (nSPS) is 15.7. The second kappa shape index (κ2) is 11.1. The van der Waals surface area contributed by atoms with Crippen molar-refractivity contribution in [3.05, 3.63) is 35.9 Å². The van der Waals surface area contributed by atoms with Crippen molar-refractivity contribution in [2.45, 2.75) is 72.6 Å². The van der Waals surface area contributed by atoms with Crippen molar-refractivity contribution in [2.75, 3.05) is 31.9 Å². The van der Waals surface area contributed by atoms with Gasteiger partial charge in [0, 0.05) is 44.3 Å². The lowest BCUT2D eigenvalue weighted by atomic mass is 10.0. The number of methoxy groups -OCH3 is 1. The highest BCUT2D eigenvalue weighted by atomic mass is 16.7. The van der Waals surface area contributed by atoms with Crippen LogP contribution in [-0.2, 0) is 9.47 Å². The van der Waals surface area contributed by atoms with E-state index in [1.54, 1.807) is 13.3 Å². The van der Waals surface area contributed by atoms with Crippen molar-refractivity contribution in [3.8, 4) is 17.0 Å². The highest BCUT2D eigenvalue weighted by Crippen LogP contribution is 2.38. The lowest BCUT2D eigenvalue weighted by Gasteiger charge is -2.34. The highest BCUT2D eigenvalue weighted by molar-refractivity contribution is 5.89. The largest absolute Gasteiger partial charge is 0.466 e. The van der Waals surface area contributed by atoms with Gasteiger partial charge in [-0.1, -0.05) is 0 Å². The number of ether oxygens (including phenoxy) is 3. The van der Waals surface area contributed by atoms with Crippen LogP contribution in [-0.4, -0.2) is 75.6 Å². The number of carbonyl (C=O) groups excluding carboxylic acids is 1. The molecule has 3 aromatic heterocycles. The molecule has 1 atom stereocenters. The van der Waals surface area contributed by atoms with Crippen LogP contribution < -0.4 is 9.64 Å². The Morgan fingerprint density at radius 3 is 2.66 bits per heavy atom. The van der Waals surface area contributed by atoms with E-state index >= 15 is 0 Å². The summed E-state index contributed by atoms with van der Waals surface area (Å²) in [5, 5.41) is 0. The Kier molecular flexibility index (Phi) is 7.74. The van der Waals surface area contributed by atoms with Crippen LogP contribution in [0.15, 0.2) is 28.8 Å². The SMILES string of the molecule is COCOc1c(-c2ccc3nc(N4CC[C@@H](N(C(=O)OC(C)(C)C)C(C)C)C4)ncc3n2)cc2oc(C)nc2c1C. The summed E-state index contributed by atoms with van der Waals surface area (Å²) < 4.78 is 22.6. The Labute approximate surface area is 239 Å². The lowest BCUT2D eigenvalue weighted by Crippen LogP contribution is -2.48. The summed E-state index contributed by atoms with van der Waals surface area (Å²) in [6, 6.07) is 5.76. The van der Waals surface area contributed by atoms with E-state index in [-0.39, 0.29) is 25.0 Å². The predicted molar refractivity (Wildman–Crippen MR) is 156 cm³/mol. The Balaban J connectivity index is 1.41. The van der Waals surface area contributed by atoms with Crippen LogP contribution in [0.2, 0.25) is 0 Å². The van der Waals surface area contributed by atoms with Gasteiger partial charge in [-0.2, -0.15) is 0 Å². The minimum Gasteiger partial charge on any atom is -0.466 e. The molecule has 1 fully saturated rings. The highest BCUT2D eigenvalue weighted by Gasteiger charge is 2.35. The van der Waals surface area contributed by atoms with Gasteiger partial charge in [-0.15, -0.1) is 0 Å². The standard InChI is InChI=1S/C30H38N6O5/c1-17(2)36(29(37)41-30(5,6)7)20-11-12-35(15-20)28-31-14-24-23(34-28)10-9-22(33-24)21-13-25-26(32-19(4)40-25)18(3)27(21)39-16-38-8/h9-10,13-14,17,20H,11-12,15-16H2,1-8H3/t20-/m1/s1. The van der Waals surface area contributed by atoms with E-state index < -0.39 is 5.60 Å². The first-order chi connectivity index (χ1) is 19.4. The molecule has 0 unspecified atom stereocenters. The first kappa shape index (κ1) is 28.5. The molecule has 0 radical (unpaired) electrons. The molecule has 41 heavy (non-hydrogen) atoms. The van der Waals surface area contributed by atoms with Crippen LogP contribution in [0.4, 0.5) is 10.7 Å². The van der Waals surface area contributed by atoms with E-state index in [9.17, 15) is 4.79 Å². The first-order valence-corrected chi connectivity index (χ1v) is 13.9. The van der Waals surface area contributed by atoms with E-state index in [1.807, 2.05) is 71.6 Å². The van der Waals surface area contributed by atoms with Crippen molar-refractivity contribution in [1.82, 2.24) is 24.8 Å². The van der Waals surface area contributed by atoms with Crippen LogP contribution >= 0.6 is 0 Å². The number of amides is 1. The molecule has 0 spiro atoms. The number of aryl methyl sites for hydroxylation is 2. The summed E-state index contributed by atoms with van der Waals surface area (Å²) in [6.45, 7) is 14.9. The minimum atomic E-state index is -0.551. The van der Waals surface area contributed by atoms with Crippen molar-refractivity contribution in [2.24, 2.45) is 0 Å². The number of rotatable bonds is 7. The molecule has 11 nitrogen and oxygen atoms in total. The Bertz CT molecular complexity index is 1580. The number of hydrogen-bond donors (Lipinski definition) is 0. The van der Waals surface area contributed by atoms with E-state index in [1.165, 1.54) is 0 Å². The van der Waals surface area contributed by atoms with E-state index in [4.69, 9.17) is 28.6 Å². The van der Waals surface area contributed by atoms with Crippen molar-refractivity contribution >= 4 is 34.2 Å². The number of fused-ring (bicyclic) bond motifs is 2. The average Bonchev–Trinajstić information content (AvgIpc) is 3.53. The van der Waals surface area contributed by atoms with E-state index in [2.05, 4.69) is 14.9 Å². The summed E-state index contributed by atoms with van der Waals surface area (Å²) in [5.74, 6) is 1.83. The molecule has 1 amide bonds. The Hall–Kier alpha value is -3.99. The minimum absolute atomic E-state index is 0.00746. The van der Waals surface area contributed by atoms with Crippen LogP contribution in [0.5, 0.6) is 5.75 Å². The van der Waals surface area contributed by atoms with Crippen molar-refractivity contribution in [3.63, 3.8) is 0 Å². The summed E-state index contributed by atoms with van der Waals surface area (Å²) in [5.41, 5.74) is 4.57. The molecule has 1 aliphatic rings. The topological polar surface area (TPSA) is 116 Å². The maximum absolute atomic E-state index is 13.0. The smallest absolute Gasteiger partial charge is 0.410 e. The fraction of sp³-hybridized carbons (Fsp3) is 0.500. The number of nitrogens with zero attached hydrogens (tertiary/aromatic N) is 6. The molecular formula is C30H38N6O5. The van der Waals surface area contributed by atoms with E-state index in [0.29, 0.717) is 40.9 Å². The molecule has 11 heteroatoms. The number of aromatic nitrogens is 4. The summed E-state index contributed by atoms with van der Waals surface area (Å²) in [6.07, 6.45) is 2.25. The number of benzene rings is 1. The number of hydrogen-bond acceptors (Lipinski definition) is 10. The number of carbonyl (C=O) groups is 1. The third kappa shape index (κ3) is 5.90. The first-order valence-electron chi connectivity index (χ1n) is 13.9. The maximum atomic E-state index is 13.0. The predicted octanol–water partition coefficient (Wildman–Crippen LogP) is 5.66. The van der Waals surface area contributed by atoms with Gasteiger partial charge in [-0.05, 0) is 66.2 Å². The average molecular weight is 563 g/mol. The van der Waals surface area contributed by atoms with Gasteiger partial charge >= 0.3 is 6.09 Å². The van der Waals surface area contributed by atoms with Gasteiger partial charge in [0.15, 0.2) is 18.3 Å². The quantitative estimate of drug-likeness (QED) is 0.261. The molecule has 0 N–H and O–H groups in total. The van der Waals surface area contributed by atoms with Gasteiger partial charge in [-0.3, -0.25) is 0 Å². The van der Waals surface area contributed by atoms with Gasteiger partial charge < -0.3 is 28.4 Å². The molecule has 5 rings (SSSR count).